The fourth-order valence-electron chi connectivity index (χ4n) is 2.94. The van der Waals surface area contributed by atoms with Crippen LogP contribution in [0.2, 0.25) is 0 Å². The summed E-state index contributed by atoms with van der Waals surface area (Å²) in [4.78, 5) is 29.7. The van der Waals surface area contributed by atoms with E-state index in [1.807, 2.05) is 54.8 Å². The number of nitrogens with zero attached hydrogens (tertiary/aromatic N) is 1. The van der Waals surface area contributed by atoms with E-state index >= 15 is 0 Å². The van der Waals surface area contributed by atoms with Crippen LogP contribution in [0.15, 0.2) is 60.0 Å². The molecule has 0 bridgehead atoms. The lowest BCUT2D eigenvalue weighted by Crippen LogP contribution is -2.33. The largest absolute Gasteiger partial charge is 0.447 e. The number of nitrogens with one attached hydrogen (secondary N) is 1. The fraction of sp³-hybridized carbons (Fsp3) is 0.261. The third-order valence-corrected chi connectivity index (χ3v) is 5.63. The summed E-state index contributed by atoms with van der Waals surface area (Å²) in [5.41, 5.74) is 3.51. The second-order valence-electron chi connectivity index (χ2n) is 7.25. The number of aromatic nitrogens is 1. The molecule has 6 heteroatoms. The van der Waals surface area contributed by atoms with Crippen LogP contribution in [0.1, 0.15) is 35.8 Å². The predicted octanol–water partition coefficient (Wildman–Crippen LogP) is 4.22. The SMILES string of the molecule is Cc1ccc(-c2nc(CC(=O)O[C@@H](C(=O)NC3CC3)c3ccccc3)cs2)cc1. The molecule has 3 aromatic rings. The maximum absolute atomic E-state index is 12.6. The van der Waals surface area contributed by atoms with Crippen molar-refractivity contribution >= 4 is 23.2 Å². The number of hydrogen-bond donors (Lipinski definition) is 1. The van der Waals surface area contributed by atoms with E-state index in [0.717, 1.165) is 23.4 Å². The number of ether oxygens (including phenoxy) is 1. The summed E-state index contributed by atoms with van der Waals surface area (Å²) in [7, 11) is 0. The second-order valence-corrected chi connectivity index (χ2v) is 8.11. The number of carbonyl (C=O) groups is 2. The van der Waals surface area contributed by atoms with E-state index < -0.39 is 12.1 Å². The Morgan fingerprint density at radius 1 is 1.14 bits per heavy atom. The van der Waals surface area contributed by atoms with E-state index in [9.17, 15) is 9.59 Å². The molecule has 4 rings (SSSR count). The van der Waals surface area contributed by atoms with Gasteiger partial charge in [-0.25, -0.2) is 4.98 Å². The van der Waals surface area contributed by atoms with Gasteiger partial charge < -0.3 is 10.1 Å². The second kappa shape index (κ2) is 8.57. The molecule has 1 atom stereocenters. The molecule has 1 aromatic heterocycles. The zero-order valence-corrected chi connectivity index (χ0v) is 16.9. The molecule has 0 unspecified atom stereocenters. The molecule has 1 N–H and O–H groups in total. The van der Waals surface area contributed by atoms with Crippen molar-refractivity contribution in [2.24, 2.45) is 0 Å². The predicted molar refractivity (Wildman–Crippen MR) is 112 cm³/mol. The van der Waals surface area contributed by atoms with E-state index in [-0.39, 0.29) is 18.4 Å². The third-order valence-electron chi connectivity index (χ3n) is 4.69. The van der Waals surface area contributed by atoms with Gasteiger partial charge in [0.25, 0.3) is 5.91 Å². The minimum atomic E-state index is -0.945. The van der Waals surface area contributed by atoms with Gasteiger partial charge in [-0.2, -0.15) is 0 Å². The van der Waals surface area contributed by atoms with Gasteiger partial charge in [-0.1, -0.05) is 60.2 Å². The first-order chi connectivity index (χ1) is 14.1. The van der Waals surface area contributed by atoms with Crippen molar-refractivity contribution in [1.82, 2.24) is 10.3 Å². The Labute approximate surface area is 173 Å². The minimum Gasteiger partial charge on any atom is -0.447 e. The van der Waals surface area contributed by atoms with Gasteiger partial charge in [0, 0.05) is 22.5 Å². The molecule has 29 heavy (non-hydrogen) atoms. The van der Waals surface area contributed by atoms with Crippen molar-refractivity contribution in [1.29, 1.82) is 0 Å². The first kappa shape index (κ1) is 19.3. The average molecular weight is 407 g/mol. The van der Waals surface area contributed by atoms with Crippen LogP contribution in [-0.4, -0.2) is 22.9 Å². The van der Waals surface area contributed by atoms with Gasteiger partial charge >= 0.3 is 5.97 Å². The Morgan fingerprint density at radius 2 is 1.86 bits per heavy atom. The summed E-state index contributed by atoms with van der Waals surface area (Å²) in [6.45, 7) is 2.04. The van der Waals surface area contributed by atoms with Crippen LogP contribution in [0.5, 0.6) is 0 Å². The topological polar surface area (TPSA) is 68.3 Å². The van der Waals surface area contributed by atoms with Crippen LogP contribution in [0.4, 0.5) is 0 Å². The molecular formula is C23H22N2O3S. The van der Waals surface area contributed by atoms with Gasteiger partial charge in [-0.15, -0.1) is 11.3 Å². The molecule has 0 aliphatic heterocycles. The molecule has 5 nitrogen and oxygen atoms in total. The van der Waals surface area contributed by atoms with Crippen LogP contribution in [0.25, 0.3) is 10.6 Å². The molecule has 0 radical (unpaired) electrons. The molecular weight excluding hydrogens is 384 g/mol. The molecule has 1 aliphatic rings. The van der Waals surface area contributed by atoms with E-state index in [4.69, 9.17) is 4.74 Å². The van der Waals surface area contributed by atoms with Crippen molar-refractivity contribution < 1.29 is 14.3 Å². The minimum absolute atomic E-state index is 0.0302. The van der Waals surface area contributed by atoms with Crippen molar-refractivity contribution in [3.05, 3.63) is 76.8 Å². The average Bonchev–Trinajstić information content (AvgIpc) is 3.42. The van der Waals surface area contributed by atoms with Crippen molar-refractivity contribution in [2.45, 2.75) is 38.3 Å². The zero-order valence-electron chi connectivity index (χ0n) is 16.1. The standard InChI is InChI=1S/C23H22N2O3S/c1-15-7-9-17(10-8-15)23-25-19(14-29-23)13-20(26)28-21(16-5-3-2-4-6-16)22(27)24-18-11-12-18/h2-10,14,18,21H,11-13H2,1H3,(H,24,27)/t21-/m1/s1. The van der Waals surface area contributed by atoms with Crippen LogP contribution >= 0.6 is 11.3 Å². The maximum atomic E-state index is 12.6. The number of esters is 1. The monoisotopic (exact) mass is 406 g/mol. The van der Waals surface area contributed by atoms with E-state index in [1.54, 1.807) is 12.1 Å². The highest BCUT2D eigenvalue weighted by molar-refractivity contribution is 7.13. The number of amides is 1. The third kappa shape index (κ3) is 5.09. The molecule has 1 heterocycles. The van der Waals surface area contributed by atoms with Gasteiger partial charge in [0.1, 0.15) is 5.01 Å². The summed E-state index contributed by atoms with van der Waals surface area (Å²) >= 11 is 1.49. The highest BCUT2D eigenvalue weighted by atomic mass is 32.1. The number of benzene rings is 2. The summed E-state index contributed by atoms with van der Waals surface area (Å²) in [5.74, 6) is -0.740. The summed E-state index contributed by atoms with van der Waals surface area (Å²) < 4.78 is 5.58. The lowest BCUT2D eigenvalue weighted by atomic mass is 10.1. The smallest absolute Gasteiger partial charge is 0.313 e. The maximum Gasteiger partial charge on any atom is 0.313 e. The number of aryl methyl sites for hydroxylation is 1. The number of thiazole rings is 1. The zero-order chi connectivity index (χ0) is 20.2. The lowest BCUT2D eigenvalue weighted by Gasteiger charge is -2.17. The number of rotatable bonds is 7. The van der Waals surface area contributed by atoms with E-state index in [1.165, 1.54) is 16.9 Å². The van der Waals surface area contributed by atoms with Gasteiger partial charge in [0.2, 0.25) is 6.10 Å². The normalized spacial score (nSPS) is 14.2. The molecule has 0 spiro atoms. The van der Waals surface area contributed by atoms with Crippen molar-refractivity contribution in [2.75, 3.05) is 0 Å². The number of hydrogen-bond acceptors (Lipinski definition) is 5. The summed E-state index contributed by atoms with van der Waals surface area (Å²) in [6.07, 6.45) is 1.03. The molecule has 148 valence electrons. The van der Waals surface area contributed by atoms with Crippen molar-refractivity contribution in [3.63, 3.8) is 0 Å². The van der Waals surface area contributed by atoms with Crippen LogP contribution in [0, 0.1) is 6.92 Å². The Morgan fingerprint density at radius 3 is 2.55 bits per heavy atom. The lowest BCUT2D eigenvalue weighted by molar-refractivity contribution is -0.156. The van der Waals surface area contributed by atoms with Crippen LogP contribution < -0.4 is 5.32 Å². The first-order valence-electron chi connectivity index (χ1n) is 9.65. The fourth-order valence-corrected chi connectivity index (χ4v) is 3.77. The van der Waals surface area contributed by atoms with Gasteiger partial charge in [-0.05, 0) is 19.8 Å². The number of carbonyl (C=O) groups excluding carboxylic acids is 2. The molecule has 1 fully saturated rings. The quantitative estimate of drug-likeness (QED) is 0.597. The van der Waals surface area contributed by atoms with Gasteiger partial charge in [0.05, 0.1) is 12.1 Å². The Bertz CT molecular complexity index is 994. The van der Waals surface area contributed by atoms with Crippen LogP contribution in [0.3, 0.4) is 0 Å². The highest BCUT2D eigenvalue weighted by Crippen LogP contribution is 2.26. The van der Waals surface area contributed by atoms with Gasteiger partial charge in [0.15, 0.2) is 0 Å². The Hall–Kier alpha value is -2.99. The van der Waals surface area contributed by atoms with E-state index in [2.05, 4.69) is 10.3 Å². The van der Waals surface area contributed by atoms with Crippen LogP contribution in [-0.2, 0) is 20.7 Å². The Balaban J connectivity index is 1.44. The molecule has 2 aromatic carbocycles. The molecule has 1 amide bonds. The van der Waals surface area contributed by atoms with Gasteiger partial charge in [-0.3, -0.25) is 9.59 Å². The molecule has 1 aliphatic carbocycles. The molecule has 0 saturated heterocycles. The van der Waals surface area contributed by atoms with Crippen molar-refractivity contribution in [3.8, 4) is 10.6 Å². The summed E-state index contributed by atoms with van der Waals surface area (Å²) in [5, 5.41) is 5.64. The summed E-state index contributed by atoms with van der Waals surface area (Å²) in [6, 6.07) is 17.4. The Kier molecular flexibility index (Phi) is 5.71. The first-order valence-corrected chi connectivity index (χ1v) is 10.5. The molecule has 1 saturated carbocycles. The highest BCUT2D eigenvalue weighted by Gasteiger charge is 2.30. The van der Waals surface area contributed by atoms with E-state index in [0.29, 0.717) is 11.3 Å².